The van der Waals surface area contributed by atoms with E-state index in [2.05, 4.69) is 45.8 Å². The van der Waals surface area contributed by atoms with Gasteiger partial charge in [0.05, 0.1) is 28.3 Å². The third-order valence-electron chi connectivity index (χ3n) is 5.69. The van der Waals surface area contributed by atoms with Crippen LogP contribution in [0, 0.1) is 0 Å². The number of rotatable bonds is 4. The first-order chi connectivity index (χ1) is 14.6. The molecule has 1 aliphatic rings. The minimum absolute atomic E-state index is 0.136. The summed E-state index contributed by atoms with van der Waals surface area (Å²) in [7, 11) is -1.98. The summed E-state index contributed by atoms with van der Waals surface area (Å²) in [6, 6.07) is 8.58. The first kappa shape index (κ1) is 19.9. The number of anilines is 1. The monoisotopic (exact) mass is 440 g/mol. The highest BCUT2D eigenvalue weighted by Gasteiger charge is 2.37. The Labute approximate surface area is 180 Å². The van der Waals surface area contributed by atoms with Gasteiger partial charge in [0.2, 0.25) is 10.0 Å². The molecular weight excluding hydrogens is 416 g/mol. The molecule has 10 nitrogen and oxygen atoms in total. The fraction of sp³-hybridized carbons (Fsp3) is 0.400. The van der Waals surface area contributed by atoms with Gasteiger partial charge in [-0.2, -0.15) is 8.82 Å². The predicted molar refractivity (Wildman–Crippen MR) is 117 cm³/mol. The van der Waals surface area contributed by atoms with Crippen molar-refractivity contribution in [3.8, 4) is 0 Å². The van der Waals surface area contributed by atoms with Crippen LogP contribution in [0.2, 0.25) is 0 Å². The highest BCUT2D eigenvalue weighted by Crippen LogP contribution is 2.27. The van der Waals surface area contributed by atoms with Crippen LogP contribution >= 0.6 is 0 Å². The van der Waals surface area contributed by atoms with Crippen LogP contribution < -0.4 is 4.90 Å². The minimum Gasteiger partial charge on any atom is -0.352 e. The van der Waals surface area contributed by atoms with Crippen molar-refractivity contribution in [2.75, 3.05) is 25.0 Å². The topological polar surface area (TPSA) is 112 Å². The number of hydrogen-bond donors (Lipinski definition) is 1. The van der Waals surface area contributed by atoms with Crippen molar-refractivity contribution in [3.63, 3.8) is 0 Å². The summed E-state index contributed by atoms with van der Waals surface area (Å²) in [6.07, 6.45) is 1.55. The Morgan fingerprint density at radius 2 is 1.90 bits per heavy atom. The minimum atomic E-state index is -3.61. The summed E-state index contributed by atoms with van der Waals surface area (Å²) in [5.41, 5.74) is 1.94. The van der Waals surface area contributed by atoms with Crippen LogP contribution in [-0.4, -0.2) is 68.7 Å². The van der Waals surface area contributed by atoms with E-state index in [1.807, 2.05) is 12.1 Å². The Morgan fingerprint density at radius 3 is 2.65 bits per heavy atom. The standard InChI is InChI=1S/C20H24N8O2S/c1-20(2,3)19-24-23-17-7-8-18(25-28(17)19)27-10-13(11-27)26(4)31(29,30)14-5-6-15-16(9-14)22-12-21-15/h5-9,12-13H,10-11H2,1-4H3,(H,21,22). The normalized spacial score (nSPS) is 15.8. The van der Waals surface area contributed by atoms with Crippen molar-refractivity contribution in [1.82, 2.24) is 34.1 Å². The van der Waals surface area contributed by atoms with Gasteiger partial charge in [-0.05, 0) is 30.3 Å². The molecule has 11 heteroatoms. The van der Waals surface area contributed by atoms with Crippen molar-refractivity contribution in [2.45, 2.75) is 37.1 Å². The second-order valence-corrected chi connectivity index (χ2v) is 10.9. The lowest BCUT2D eigenvalue weighted by molar-refractivity contribution is 0.309. The van der Waals surface area contributed by atoms with Gasteiger partial charge in [-0.15, -0.1) is 15.3 Å². The molecule has 0 spiro atoms. The Bertz CT molecular complexity index is 1380. The Kier molecular flexibility index (Phi) is 4.31. The predicted octanol–water partition coefficient (Wildman–Crippen LogP) is 1.81. The molecule has 3 aromatic heterocycles. The third kappa shape index (κ3) is 3.24. The molecule has 162 valence electrons. The zero-order chi connectivity index (χ0) is 22.0. The second-order valence-electron chi connectivity index (χ2n) is 8.90. The van der Waals surface area contributed by atoms with E-state index < -0.39 is 10.0 Å². The van der Waals surface area contributed by atoms with E-state index in [0.717, 1.165) is 17.2 Å². The van der Waals surface area contributed by atoms with Gasteiger partial charge >= 0.3 is 0 Å². The van der Waals surface area contributed by atoms with Crippen LogP contribution in [0.4, 0.5) is 5.82 Å². The number of benzene rings is 1. The molecule has 1 N–H and O–H groups in total. The van der Waals surface area contributed by atoms with Gasteiger partial charge in [0.25, 0.3) is 0 Å². The molecule has 0 unspecified atom stereocenters. The molecule has 0 atom stereocenters. The van der Waals surface area contributed by atoms with Gasteiger partial charge in [-0.3, -0.25) is 0 Å². The molecule has 1 fully saturated rings. The third-order valence-corrected chi connectivity index (χ3v) is 7.59. The summed E-state index contributed by atoms with van der Waals surface area (Å²) in [5.74, 6) is 1.56. The molecule has 0 radical (unpaired) electrons. The summed E-state index contributed by atoms with van der Waals surface area (Å²) in [5, 5.41) is 13.2. The van der Waals surface area contributed by atoms with Crippen molar-refractivity contribution < 1.29 is 8.42 Å². The first-order valence-electron chi connectivity index (χ1n) is 10.0. The van der Waals surface area contributed by atoms with Crippen LogP contribution in [0.1, 0.15) is 26.6 Å². The molecular formula is C20H24N8O2S. The fourth-order valence-corrected chi connectivity index (χ4v) is 5.09. The molecule has 1 aliphatic heterocycles. The van der Waals surface area contributed by atoms with E-state index in [1.165, 1.54) is 4.31 Å². The highest BCUT2D eigenvalue weighted by atomic mass is 32.2. The van der Waals surface area contributed by atoms with Gasteiger partial charge in [-0.25, -0.2) is 13.4 Å². The van der Waals surface area contributed by atoms with Crippen molar-refractivity contribution >= 4 is 32.5 Å². The second kappa shape index (κ2) is 6.72. The smallest absolute Gasteiger partial charge is 0.243 e. The number of likely N-dealkylation sites (N-methyl/N-ethyl adjacent to an activating group) is 1. The maximum absolute atomic E-state index is 13.1. The number of nitrogens with zero attached hydrogens (tertiary/aromatic N) is 7. The average Bonchev–Trinajstić information content (AvgIpc) is 3.32. The van der Waals surface area contributed by atoms with Crippen LogP contribution in [0.25, 0.3) is 16.7 Å². The lowest BCUT2D eigenvalue weighted by Gasteiger charge is -2.43. The first-order valence-corrected chi connectivity index (χ1v) is 11.5. The average molecular weight is 441 g/mol. The van der Waals surface area contributed by atoms with Gasteiger partial charge in [0.15, 0.2) is 11.5 Å². The molecule has 4 heterocycles. The summed E-state index contributed by atoms with van der Waals surface area (Å²) < 4.78 is 29.4. The highest BCUT2D eigenvalue weighted by molar-refractivity contribution is 7.89. The Hall–Kier alpha value is -3.05. The Balaban J connectivity index is 1.35. The van der Waals surface area contributed by atoms with Crippen molar-refractivity contribution in [2.24, 2.45) is 0 Å². The SMILES string of the molecule is CN(C1CN(c2ccc3nnc(C(C)(C)C)n3n2)C1)S(=O)(=O)c1ccc2nc[nH]c2c1. The maximum atomic E-state index is 13.1. The molecule has 31 heavy (non-hydrogen) atoms. The number of aromatic nitrogens is 6. The number of imidazole rings is 1. The van der Waals surface area contributed by atoms with E-state index in [-0.39, 0.29) is 16.4 Å². The lowest BCUT2D eigenvalue weighted by atomic mass is 9.96. The maximum Gasteiger partial charge on any atom is 0.243 e. The zero-order valence-electron chi connectivity index (χ0n) is 17.8. The number of fused-ring (bicyclic) bond motifs is 2. The molecule has 4 aromatic rings. The number of hydrogen-bond acceptors (Lipinski definition) is 7. The zero-order valence-corrected chi connectivity index (χ0v) is 18.6. The fourth-order valence-electron chi connectivity index (χ4n) is 3.73. The summed E-state index contributed by atoms with van der Waals surface area (Å²) >= 11 is 0. The molecule has 0 amide bonds. The number of nitrogens with one attached hydrogen (secondary N) is 1. The molecule has 1 aromatic carbocycles. The molecule has 1 saturated heterocycles. The van der Waals surface area contributed by atoms with Crippen LogP contribution in [0.3, 0.4) is 0 Å². The number of sulfonamides is 1. The molecule has 0 aliphatic carbocycles. The van der Waals surface area contributed by atoms with Gasteiger partial charge in [0.1, 0.15) is 5.82 Å². The van der Waals surface area contributed by atoms with Gasteiger partial charge < -0.3 is 9.88 Å². The Morgan fingerprint density at radius 1 is 1.13 bits per heavy atom. The lowest BCUT2D eigenvalue weighted by Crippen LogP contribution is -2.60. The van der Waals surface area contributed by atoms with E-state index in [1.54, 1.807) is 36.1 Å². The number of aromatic amines is 1. The molecule has 0 bridgehead atoms. The van der Waals surface area contributed by atoms with Crippen LogP contribution in [0.5, 0.6) is 0 Å². The van der Waals surface area contributed by atoms with E-state index in [9.17, 15) is 8.42 Å². The van der Waals surface area contributed by atoms with Crippen molar-refractivity contribution in [1.29, 1.82) is 0 Å². The molecule has 5 rings (SSSR count). The van der Waals surface area contributed by atoms with Gasteiger partial charge in [-0.1, -0.05) is 20.8 Å². The largest absolute Gasteiger partial charge is 0.352 e. The van der Waals surface area contributed by atoms with Crippen LogP contribution in [-0.2, 0) is 15.4 Å². The van der Waals surface area contributed by atoms with E-state index >= 15 is 0 Å². The van der Waals surface area contributed by atoms with Crippen LogP contribution in [0.15, 0.2) is 41.6 Å². The quantitative estimate of drug-likeness (QED) is 0.515. The van der Waals surface area contributed by atoms with E-state index in [4.69, 9.17) is 5.10 Å². The van der Waals surface area contributed by atoms with Gasteiger partial charge in [0, 0.05) is 25.6 Å². The van der Waals surface area contributed by atoms with E-state index in [0.29, 0.717) is 24.3 Å². The number of H-pyrrole nitrogens is 1. The summed E-state index contributed by atoms with van der Waals surface area (Å²) in [6.45, 7) is 7.33. The molecule has 0 saturated carbocycles. The summed E-state index contributed by atoms with van der Waals surface area (Å²) in [4.78, 5) is 9.41. The van der Waals surface area contributed by atoms with Crippen molar-refractivity contribution in [3.05, 3.63) is 42.5 Å².